The maximum atomic E-state index is 13.7. The first-order valence-electron chi connectivity index (χ1n) is 12.3. The number of benzene rings is 4. The molecule has 184 valence electrons. The lowest BCUT2D eigenvalue weighted by Gasteiger charge is -2.32. The Morgan fingerprint density at radius 1 is 0.861 bits per heavy atom. The fraction of sp³-hybridized carbons (Fsp3) is 0.226. The van der Waals surface area contributed by atoms with E-state index in [1.54, 1.807) is 4.90 Å². The minimum atomic E-state index is -0.671. The molecule has 0 saturated carbocycles. The van der Waals surface area contributed by atoms with Gasteiger partial charge in [-0.15, -0.1) is 0 Å². The third-order valence-electron chi connectivity index (χ3n) is 6.32. The quantitative estimate of drug-likeness (QED) is 0.335. The number of likely N-dealkylation sites (N-methyl/N-ethyl adjacent to an activating group) is 1. The molecule has 0 spiro atoms. The highest BCUT2D eigenvalue weighted by Gasteiger charge is 2.30. The number of rotatable bonds is 10. The Morgan fingerprint density at radius 2 is 1.56 bits per heavy atom. The summed E-state index contributed by atoms with van der Waals surface area (Å²) in [5.74, 6) is 0.238. The Bertz CT molecular complexity index is 1310. The monoisotopic (exact) mass is 480 g/mol. The molecule has 2 amide bonds. The predicted octanol–water partition coefficient (Wildman–Crippen LogP) is 5.30. The van der Waals surface area contributed by atoms with Crippen LogP contribution in [0.3, 0.4) is 0 Å². The van der Waals surface area contributed by atoms with Crippen molar-refractivity contribution in [3.05, 3.63) is 114 Å². The van der Waals surface area contributed by atoms with Crippen LogP contribution in [0.15, 0.2) is 97.1 Å². The second kappa shape index (κ2) is 12.0. The first-order chi connectivity index (χ1) is 17.6. The fourth-order valence-corrected chi connectivity index (χ4v) is 4.36. The Morgan fingerprint density at radius 3 is 2.33 bits per heavy atom. The smallest absolute Gasteiger partial charge is 0.261 e. The van der Waals surface area contributed by atoms with E-state index in [0.29, 0.717) is 25.3 Å². The predicted molar refractivity (Wildman–Crippen MR) is 144 cm³/mol. The van der Waals surface area contributed by atoms with Gasteiger partial charge in [0.2, 0.25) is 5.91 Å². The lowest BCUT2D eigenvalue weighted by molar-refractivity contribution is -0.142. The van der Waals surface area contributed by atoms with Crippen LogP contribution in [-0.2, 0) is 22.6 Å². The number of nitrogens with zero attached hydrogens (tertiary/aromatic N) is 1. The van der Waals surface area contributed by atoms with E-state index in [2.05, 4.69) is 5.32 Å². The number of nitrogens with one attached hydrogen (secondary N) is 1. The number of ether oxygens (including phenoxy) is 1. The van der Waals surface area contributed by atoms with Crippen molar-refractivity contribution >= 4 is 22.6 Å². The van der Waals surface area contributed by atoms with Gasteiger partial charge in [0, 0.05) is 24.9 Å². The largest absolute Gasteiger partial charge is 0.483 e. The molecule has 5 nitrogen and oxygen atoms in total. The summed E-state index contributed by atoms with van der Waals surface area (Å²) in [5, 5.41) is 4.92. The molecule has 0 radical (unpaired) electrons. The van der Waals surface area contributed by atoms with E-state index in [1.807, 2.05) is 111 Å². The van der Waals surface area contributed by atoms with E-state index in [9.17, 15) is 9.59 Å². The van der Waals surface area contributed by atoms with E-state index < -0.39 is 6.04 Å². The first-order valence-corrected chi connectivity index (χ1v) is 12.3. The van der Waals surface area contributed by atoms with Crippen molar-refractivity contribution in [3.63, 3.8) is 0 Å². The number of aryl methyl sites for hydroxylation is 1. The molecule has 0 bridgehead atoms. The van der Waals surface area contributed by atoms with Gasteiger partial charge in [-0.05, 0) is 42.0 Å². The Kier molecular flexibility index (Phi) is 8.35. The van der Waals surface area contributed by atoms with Gasteiger partial charge < -0.3 is 15.0 Å². The van der Waals surface area contributed by atoms with Gasteiger partial charge in [-0.1, -0.05) is 91.0 Å². The molecule has 0 heterocycles. The third kappa shape index (κ3) is 6.11. The summed E-state index contributed by atoms with van der Waals surface area (Å²) in [5.41, 5.74) is 3.06. The number of hydrogen-bond donors (Lipinski definition) is 1. The zero-order chi connectivity index (χ0) is 25.3. The van der Waals surface area contributed by atoms with Gasteiger partial charge in [0.1, 0.15) is 11.8 Å². The van der Waals surface area contributed by atoms with Crippen LogP contribution in [0.1, 0.15) is 23.6 Å². The Labute approximate surface area is 212 Å². The number of carbonyl (C=O) groups is 2. The molecule has 4 rings (SSSR count). The minimum absolute atomic E-state index is 0.162. The van der Waals surface area contributed by atoms with Crippen LogP contribution in [-0.4, -0.2) is 35.9 Å². The van der Waals surface area contributed by atoms with Crippen molar-refractivity contribution < 1.29 is 14.3 Å². The molecule has 0 aliphatic heterocycles. The summed E-state index contributed by atoms with van der Waals surface area (Å²) in [6.45, 7) is 4.55. The van der Waals surface area contributed by atoms with Gasteiger partial charge in [0.25, 0.3) is 5.91 Å². The Hall–Kier alpha value is -4.12. The molecule has 4 aromatic rings. The third-order valence-corrected chi connectivity index (χ3v) is 6.32. The summed E-state index contributed by atoms with van der Waals surface area (Å²) in [7, 11) is 0. The van der Waals surface area contributed by atoms with E-state index >= 15 is 0 Å². The number of fused-ring (bicyclic) bond motifs is 1. The second-order valence-corrected chi connectivity index (χ2v) is 8.81. The lowest BCUT2D eigenvalue weighted by Crippen LogP contribution is -2.51. The van der Waals surface area contributed by atoms with Gasteiger partial charge in [-0.25, -0.2) is 0 Å². The average Bonchev–Trinajstić information content (AvgIpc) is 2.91. The molecule has 0 aliphatic carbocycles. The molecule has 0 aliphatic rings. The normalized spacial score (nSPS) is 11.6. The zero-order valence-corrected chi connectivity index (χ0v) is 20.8. The van der Waals surface area contributed by atoms with Crippen molar-refractivity contribution in [2.45, 2.75) is 32.9 Å². The molecule has 4 aromatic carbocycles. The van der Waals surface area contributed by atoms with Crippen LogP contribution in [0.2, 0.25) is 0 Å². The number of carbonyl (C=O) groups excluding carboxylic acids is 2. The molecule has 0 aromatic heterocycles. The van der Waals surface area contributed by atoms with E-state index in [-0.39, 0.29) is 18.4 Å². The van der Waals surface area contributed by atoms with E-state index in [1.165, 1.54) is 0 Å². The zero-order valence-electron chi connectivity index (χ0n) is 20.8. The molecular weight excluding hydrogens is 448 g/mol. The van der Waals surface area contributed by atoms with E-state index in [0.717, 1.165) is 27.5 Å². The van der Waals surface area contributed by atoms with Crippen molar-refractivity contribution in [2.24, 2.45) is 0 Å². The van der Waals surface area contributed by atoms with Gasteiger partial charge >= 0.3 is 0 Å². The fourth-order valence-electron chi connectivity index (χ4n) is 4.36. The minimum Gasteiger partial charge on any atom is -0.483 e. The highest BCUT2D eigenvalue weighted by molar-refractivity contribution is 5.90. The van der Waals surface area contributed by atoms with Crippen LogP contribution in [0.4, 0.5) is 0 Å². The van der Waals surface area contributed by atoms with Crippen molar-refractivity contribution in [1.82, 2.24) is 10.2 Å². The molecule has 1 N–H and O–H groups in total. The van der Waals surface area contributed by atoms with Crippen LogP contribution in [0, 0.1) is 6.92 Å². The lowest BCUT2D eigenvalue weighted by atomic mass is 10.0. The van der Waals surface area contributed by atoms with Crippen molar-refractivity contribution in [2.75, 3.05) is 13.2 Å². The highest BCUT2D eigenvalue weighted by Crippen LogP contribution is 2.25. The van der Waals surface area contributed by atoms with Crippen molar-refractivity contribution in [1.29, 1.82) is 0 Å². The molecule has 0 saturated heterocycles. The van der Waals surface area contributed by atoms with Crippen LogP contribution < -0.4 is 10.1 Å². The Balaban J connectivity index is 1.64. The SMILES string of the molecule is CCNC(=O)[C@H](Cc1ccccc1)N(Cc1ccccc1C)C(=O)COc1cccc2ccccc12. The van der Waals surface area contributed by atoms with E-state index in [4.69, 9.17) is 4.74 Å². The molecule has 0 fully saturated rings. The average molecular weight is 481 g/mol. The highest BCUT2D eigenvalue weighted by atomic mass is 16.5. The van der Waals surface area contributed by atoms with Gasteiger partial charge in [-0.2, -0.15) is 0 Å². The second-order valence-electron chi connectivity index (χ2n) is 8.81. The summed E-state index contributed by atoms with van der Waals surface area (Å²) >= 11 is 0. The molecule has 36 heavy (non-hydrogen) atoms. The van der Waals surface area contributed by atoms with Crippen molar-refractivity contribution in [3.8, 4) is 5.75 Å². The topological polar surface area (TPSA) is 58.6 Å². The molecule has 1 atom stereocenters. The van der Waals surface area contributed by atoms with Gasteiger partial charge in [-0.3, -0.25) is 9.59 Å². The first kappa shape index (κ1) is 25.0. The standard InChI is InChI=1S/C31H32N2O3/c1-3-32-31(35)28(20-24-13-5-4-6-14-24)33(21-26-16-8-7-12-23(26)2)30(34)22-36-29-19-11-17-25-15-9-10-18-27(25)29/h4-19,28H,3,20-22H2,1-2H3,(H,32,35)/t28-/m0/s1. The number of amides is 2. The molecule has 0 unspecified atom stereocenters. The van der Waals surface area contributed by atoms with Crippen LogP contribution in [0.5, 0.6) is 5.75 Å². The molecule has 5 heteroatoms. The van der Waals surface area contributed by atoms with Gasteiger partial charge in [0.05, 0.1) is 0 Å². The summed E-state index contributed by atoms with van der Waals surface area (Å²) in [6, 6.07) is 30.8. The maximum Gasteiger partial charge on any atom is 0.261 e. The summed E-state index contributed by atoms with van der Waals surface area (Å²) in [6.07, 6.45) is 0.415. The molecular formula is C31H32N2O3. The maximum absolute atomic E-state index is 13.7. The van der Waals surface area contributed by atoms with Crippen LogP contribution >= 0.6 is 0 Å². The summed E-state index contributed by atoms with van der Waals surface area (Å²) < 4.78 is 6.05. The van der Waals surface area contributed by atoms with Crippen LogP contribution in [0.25, 0.3) is 10.8 Å². The van der Waals surface area contributed by atoms with Gasteiger partial charge in [0.15, 0.2) is 6.61 Å². The number of hydrogen-bond acceptors (Lipinski definition) is 3. The summed E-state index contributed by atoms with van der Waals surface area (Å²) in [4.78, 5) is 28.7.